The largest absolute Gasteiger partial charge is 0.350 e. The number of hydrazine groups is 1. The summed E-state index contributed by atoms with van der Waals surface area (Å²) < 4.78 is 0. The maximum atomic E-state index is 11.2. The molecular formula is C13H21N5O2. The van der Waals surface area contributed by atoms with Gasteiger partial charge in [0.2, 0.25) is 5.82 Å². The first-order valence-electron chi connectivity index (χ1n) is 6.92. The highest BCUT2D eigenvalue weighted by atomic mass is 16.6. The highest BCUT2D eigenvalue weighted by Crippen LogP contribution is 2.40. The fraction of sp³-hybridized carbons (Fsp3) is 0.615. The minimum Gasteiger partial charge on any atom is -0.350 e. The van der Waals surface area contributed by atoms with Crippen LogP contribution in [-0.2, 0) is 0 Å². The molecule has 1 aromatic rings. The van der Waals surface area contributed by atoms with E-state index in [1.807, 2.05) is 4.90 Å². The number of nitro groups is 1. The molecule has 20 heavy (non-hydrogen) atoms. The number of pyridine rings is 1. The number of hydrogen-bond acceptors (Lipinski definition) is 6. The molecule has 3 N–H and O–H groups in total. The molecule has 1 aliphatic heterocycles. The lowest BCUT2D eigenvalue weighted by Gasteiger charge is -2.26. The average molecular weight is 279 g/mol. The Morgan fingerprint density at radius 1 is 1.50 bits per heavy atom. The molecule has 0 spiro atoms. The van der Waals surface area contributed by atoms with Gasteiger partial charge < -0.3 is 10.3 Å². The third-order valence-corrected chi connectivity index (χ3v) is 4.44. The van der Waals surface area contributed by atoms with Gasteiger partial charge in [0.15, 0.2) is 0 Å². The number of hydrogen-bond donors (Lipinski definition) is 2. The van der Waals surface area contributed by atoms with Gasteiger partial charge in [-0.15, -0.1) is 0 Å². The molecule has 110 valence electrons. The van der Waals surface area contributed by atoms with Gasteiger partial charge in [-0.25, -0.2) is 10.8 Å². The summed E-state index contributed by atoms with van der Waals surface area (Å²) >= 11 is 0. The van der Waals surface area contributed by atoms with Crippen LogP contribution in [0.5, 0.6) is 0 Å². The zero-order valence-corrected chi connectivity index (χ0v) is 11.9. The van der Waals surface area contributed by atoms with Crippen LogP contribution in [0.3, 0.4) is 0 Å². The van der Waals surface area contributed by atoms with E-state index in [0.717, 1.165) is 32.4 Å². The maximum absolute atomic E-state index is 11.2. The minimum absolute atomic E-state index is 0.0343. The van der Waals surface area contributed by atoms with Crippen molar-refractivity contribution in [3.05, 3.63) is 22.2 Å². The van der Waals surface area contributed by atoms with E-state index in [1.54, 1.807) is 0 Å². The zero-order chi connectivity index (χ0) is 14.8. The third-order valence-electron chi connectivity index (χ3n) is 4.44. The molecule has 0 bridgehead atoms. The van der Waals surface area contributed by atoms with Crippen molar-refractivity contribution < 1.29 is 4.92 Å². The molecular weight excluding hydrogens is 258 g/mol. The van der Waals surface area contributed by atoms with Gasteiger partial charge in [-0.3, -0.25) is 10.1 Å². The van der Waals surface area contributed by atoms with E-state index in [-0.39, 0.29) is 16.0 Å². The smallest absolute Gasteiger partial charge is 0.311 e. The van der Waals surface area contributed by atoms with Gasteiger partial charge in [0.05, 0.1) is 4.92 Å². The van der Waals surface area contributed by atoms with Crippen LogP contribution in [0, 0.1) is 15.5 Å². The second kappa shape index (κ2) is 5.62. The number of nitrogens with one attached hydrogen (secondary N) is 1. The first-order chi connectivity index (χ1) is 9.55. The Labute approximate surface area is 118 Å². The van der Waals surface area contributed by atoms with Crippen LogP contribution < -0.4 is 16.2 Å². The molecule has 0 amide bonds. The Morgan fingerprint density at radius 3 is 2.70 bits per heavy atom. The number of rotatable bonds is 5. The summed E-state index contributed by atoms with van der Waals surface area (Å²) in [5, 5.41) is 11.2. The second-order valence-corrected chi connectivity index (χ2v) is 5.32. The Balaban J connectivity index is 2.35. The summed E-state index contributed by atoms with van der Waals surface area (Å²) in [7, 11) is 0. The van der Waals surface area contributed by atoms with E-state index < -0.39 is 0 Å². The van der Waals surface area contributed by atoms with Crippen LogP contribution in [0.2, 0.25) is 0 Å². The zero-order valence-electron chi connectivity index (χ0n) is 11.9. The van der Waals surface area contributed by atoms with E-state index in [0.29, 0.717) is 11.6 Å². The molecule has 0 aliphatic carbocycles. The molecule has 7 heteroatoms. The summed E-state index contributed by atoms with van der Waals surface area (Å²) in [5.41, 5.74) is 2.72. The third kappa shape index (κ3) is 2.53. The molecule has 1 aromatic heterocycles. The summed E-state index contributed by atoms with van der Waals surface area (Å²) in [6.07, 6.45) is 3.18. The van der Waals surface area contributed by atoms with Crippen molar-refractivity contribution in [2.45, 2.75) is 33.1 Å². The van der Waals surface area contributed by atoms with Crippen LogP contribution in [0.4, 0.5) is 17.3 Å². The quantitative estimate of drug-likeness (QED) is 0.487. The first-order valence-corrected chi connectivity index (χ1v) is 6.92. The molecule has 1 aliphatic rings. The maximum Gasteiger partial charge on any atom is 0.311 e. The van der Waals surface area contributed by atoms with Crippen molar-refractivity contribution in [3.8, 4) is 0 Å². The fourth-order valence-corrected chi connectivity index (χ4v) is 2.84. The minimum atomic E-state index is -0.388. The van der Waals surface area contributed by atoms with Crippen LogP contribution >= 0.6 is 0 Å². The van der Waals surface area contributed by atoms with Crippen molar-refractivity contribution >= 4 is 17.3 Å². The molecule has 2 heterocycles. The van der Waals surface area contributed by atoms with E-state index in [9.17, 15) is 10.1 Å². The topological polar surface area (TPSA) is 97.3 Å². The normalized spacial score (nSPS) is 17.2. The summed E-state index contributed by atoms with van der Waals surface area (Å²) in [4.78, 5) is 17.1. The van der Waals surface area contributed by atoms with E-state index in [2.05, 4.69) is 24.3 Å². The number of anilines is 2. The number of nitrogens with two attached hydrogens (primary N) is 1. The molecule has 7 nitrogen and oxygen atoms in total. The first kappa shape index (κ1) is 14.5. The average Bonchev–Trinajstić information content (AvgIpc) is 2.91. The standard InChI is InChI=1S/C13H21N5O2/c1-3-13(4-2)7-8-17(9-13)12-10(18(19)20)5-6-11(15-12)16-14/h5-6H,3-4,7-9,14H2,1-2H3,(H,15,16). The van der Waals surface area contributed by atoms with Crippen molar-refractivity contribution in [2.24, 2.45) is 11.3 Å². The van der Waals surface area contributed by atoms with E-state index in [1.165, 1.54) is 12.1 Å². The van der Waals surface area contributed by atoms with Gasteiger partial charge in [-0.2, -0.15) is 0 Å². The van der Waals surface area contributed by atoms with E-state index in [4.69, 9.17) is 5.84 Å². The van der Waals surface area contributed by atoms with Crippen LogP contribution in [0.1, 0.15) is 33.1 Å². The summed E-state index contributed by atoms with van der Waals surface area (Å²) in [6.45, 7) is 5.95. The summed E-state index contributed by atoms with van der Waals surface area (Å²) in [6, 6.07) is 2.97. The van der Waals surface area contributed by atoms with Crippen LogP contribution in [0.25, 0.3) is 0 Å². The monoisotopic (exact) mass is 279 g/mol. The highest BCUT2D eigenvalue weighted by molar-refractivity contribution is 5.62. The number of nitrogen functional groups attached to an aromatic ring is 1. The Kier molecular flexibility index (Phi) is 4.08. The van der Waals surface area contributed by atoms with Gasteiger partial charge in [-0.05, 0) is 30.7 Å². The van der Waals surface area contributed by atoms with Gasteiger partial charge in [-0.1, -0.05) is 13.8 Å². The van der Waals surface area contributed by atoms with Gasteiger partial charge in [0, 0.05) is 19.2 Å². The molecule has 0 unspecified atom stereocenters. The molecule has 2 rings (SSSR count). The Hall–Kier alpha value is -1.89. The lowest BCUT2D eigenvalue weighted by Crippen LogP contribution is -2.27. The second-order valence-electron chi connectivity index (χ2n) is 5.32. The molecule has 0 atom stereocenters. The van der Waals surface area contributed by atoms with Gasteiger partial charge in [0.1, 0.15) is 5.82 Å². The van der Waals surface area contributed by atoms with Crippen LogP contribution in [-0.4, -0.2) is 23.0 Å². The SMILES string of the molecule is CCC1(CC)CCN(c2nc(NN)ccc2[N+](=O)[O-])C1. The molecule has 0 radical (unpaired) electrons. The fourth-order valence-electron chi connectivity index (χ4n) is 2.84. The van der Waals surface area contributed by atoms with Crippen molar-refractivity contribution in [1.82, 2.24) is 4.98 Å². The van der Waals surface area contributed by atoms with Crippen LogP contribution in [0.15, 0.2) is 12.1 Å². The highest BCUT2D eigenvalue weighted by Gasteiger charge is 2.37. The number of aromatic nitrogens is 1. The molecule has 0 aromatic carbocycles. The lowest BCUT2D eigenvalue weighted by atomic mass is 9.82. The Bertz CT molecular complexity index is 502. The Morgan fingerprint density at radius 2 is 2.20 bits per heavy atom. The summed E-state index contributed by atoms with van der Waals surface area (Å²) in [5.74, 6) is 6.20. The lowest BCUT2D eigenvalue weighted by molar-refractivity contribution is -0.384. The van der Waals surface area contributed by atoms with Gasteiger partial charge >= 0.3 is 5.69 Å². The van der Waals surface area contributed by atoms with Crippen molar-refractivity contribution in [1.29, 1.82) is 0 Å². The van der Waals surface area contributed by atoms with Crippen molar-refractivity contribution in [3.63, 3.8) is 0 Å². The predicted octanol–water partition coefficient (Wildman–Crippen LogP) is 2.29. The van der Waals surface area contributed by atoms with Crippen molar-refractivity contribution in [2.75, 3.05) is 23.4 Å². The molecule has 1 saturated heterocycles. The number of nitrogens with zero attached hydrogens (tertiary/aromatic N) is 3. The predicted molar refractivity (Wildman–Crippen MR) is 78.5 cm³/mol. The van der Waals surface area contributed by atoms with Gasteiger partial charge in [0.25, 0.3) is 0 Å². The van der Waals surface area contributed by atoms with E-state index >= 15 is 0 Å². The molecule has 0 saturated carbocycles. The molecule has 1 fully saturated rings.